The standard InChI is InChI=1S/C21H29N5O2/c1-16(2)22-21(28)25-13-11-23(12-14-25)19-8-7-18-6-5-17(15-26(18)19)20(27)24-9-3-4-10-24/h5-8,15-16H,3-4,9-14H2,1-2H3,(H,22,28). The van der Waals surface area contributed by atoms with Crippen molar-refractivity contribution in [1.82, 2.24) is 19.5 Å². The Balaban J connectivity index is 1.49. The van der Waals surface area contributed by atoms with Gasteiger partial charge in [-0.3, -0.25) is 4.79 Å². The lowest BCUT2D eigenvalue weighted by Crippen LogP contribution is -2.53. The largest absolute Gasteiger partial charge is 0.354 e. The van der Waals surface area contributed by atoms with E-state index in [1.165, 1.54) is 0 Å². The predicted octanol–water partition coefficient (Wildman–Crippen LogP) is 2.42. The highest BCUT2D eigenvalue weighted by atomic mass is 16.2. The van der Waals surface area contributed by atoms with Crippen molar-refractivity contribution >= 4 is 23.3 Å². The zero-order valence-corrected chi connectivity index (χ0v) is 16.7. The Morgan fingerprint density at radius 1 is 0.893 bits per heavy atom. The van der Waals surface area contributed by atoms with Gasteiger partial charge in [-0.05, 0) is 51.0 Å². The molecule has 0 saturated carbocycles. The van der Waals surface area contributed by atoms with E-state index < -0.39 is 0 Å². The van der Waals surface area contributed by atoms with E-state index in [1.54, 1.807) is 0 Å². The van der Waals surface area contributed by atoms with Crippen molar-refractivity contribution < 1.29 is 9.59 Å². The van der Waals surface area contributed by atoms with E-state index in [1.807, 2.05) is 42.0 Å². The summed E-state index contributed by atoms with van der Waals surface area (Å²) in [6, 6.07) is 8.27. The number of pyridine rings is 1. The molecule has 4 rings (SSSR count). The Hall–Kier alpha value is -2.70. The summed E-state index contributed by atoms with van der Waals surface area (Å²) >= 11 is 0. The second-order valence-corrected chi connectivity index (χ2v) is 7.98. The molecule has 150 valence electrons. The van der Waals surface area contributed by atoms with Crippen molar-refractivity contribution in [3.8, 4) is 0 Å². The van der Waals surface area contributed by atoms with Crippen LogP contribution in [0.25, 0.3) is 5.52 Å². The topological polar surface area (TPSA) is 60.3 Å². The van der Waals surface area contributed by atoms with Gasteiger partial charge >= 0.3 is 6.03 Å². The number of carbonyl (C=O) groups is 2. The van der Waals surface area contributed by atoms with Crippen LogP contribution < -0.4 is 10.2 Å². The van der Waals surface area contributed by atoms with Crippen LogP contribution in [0.5, 0.6) is 0 Å². The molecule has 1 N–H and O–H groups in total. The van der Waals surface area contributed by atoms with Gasteiger partial charge in [0.25, 0.3) is 5.91 Å². The molecule has 4 heterocycles. The molecule has 0 aromatic carbocycles. The molecule has 0 aliphatic carbocycles. The SMILES string of the molecule is CC(C)NC(=O)N1CCN(c2ccc3ccc(C(=O)N4CCCC4)cn23)CC1. The Labute approximate surface area is 165 Å². The summed E-state index contributed by atoms with van der Waals surface area (Å²) in [7, 11) is 0. The van der Waals surface area contributed by atoms with Gasteiger partial charge in [-0.15, -0.1) is 0 Å². The number of nitrogens with zero attached hydrogens (tertiary/aromatic N) is 4. The van der Waals surface area contributed by atoms with Crippen molar-refractivity contribution in [2.24, 2.45) is 0 Å². The molecular formula is C21H29N5O2. The average molecular weight is 383 g/mol. The molecule has 2 aromatic heterocycles. The van der Waals surface area contributed by atoms with Crippen molar-refractivity contribution in [2.75, 3.05) is 44.2 Å². The normalized spacial score (nSPS) is 17.6. The second kappa shape index (κ2) is 7.73. The average Bonchev–Trinajstić information content (AvgIpc) is 3.36. The lowest BCUT2D eigenvalue weighted by atomic mass is 10.2. The van der Waals surface area contributed by atoms with Crippen LogP contribution in [0.3, 0.4) is 0 Å². The number of likely N-dealkylation sites (tertiary alicyclic amines) is 1. The highest BCUT2D eigenvalue weighted by Gasteiger charge is 2.24. The number of urea groups is 1. The van der Waals surface area contributed by atoms with Crippen LogP contribution in [-0.2, 0) is 0 Å². The van der Waals surface area contributed by atoms with Crippen molar-refractivity contribution in [3.63, 3.8) is 0 Å². The van der Waals surface area contributed by atoms with Crippen LogP contribution in [0, 0.1) is 0 Å². The van der Waals surface area contributed by atoms with E-state index in [9.17, 15) is 9.59 Å². The quantitative estimate of drug-likeness (QED) is 0.886. The Kier molecular flexibility index (Phi) is 5.15. The number of aromatic nitrogens is 1. The number of carbonyl (C=O) groups excluding carboxylic acids is 2. The maximum absolute atomic E-state index is 12.8. The molecule has 3 amide bonds. The van der Waals surface area contributed by atoms with Gasteiger partial charge in [0.15, 0.2) is 0 Å². The summed E-state index contributed by atoms with van der Waals surface area (Å²) in [4.78, 5) is 31.1. The van der Waals surface area contributed by atoms with Crippen LogP contribution >= 0.6 is 0 Å². The fourth-order valence-electron chi connectivity index (χ4n) is 4.05. The lowest BCUT2D eigenvalue weighted by molar-refractivity contribution is 0.0792. The van der Waals surface area contributed by atoms with E-state index in [-0.39, 0.29) is 18.0 Å². The molecule has 0 spiro atoms. The Morgan fingerprint density at radius 2 is 1.57 bits per heavy atom. The molecular weight excluding hydrogens is 354 g/mol. The van der Waals surface area contributed by atoms with Crippen LogP contribution in [-0.4, -0.2) is 71.4 Å². The number of rotatable bonds is 3. The third-order valence-electron chi connectivity index (χ3n) is 5.57. The zero-order valence-electron chi connectivity index (χ0n) is 16.7. The number of anilines is 1. The highest BCUT2D eigenvalue weighted by Crippen LogP contribution is 2.23. The minimum Gasteiger partial charge on any atom is -0.354 e. The van der Waals surface area contributed by atoms with Gasteiger partial charge in [0.2, 0.25) is 0 Å². The van der Waals surface area contributed by atoms with Gasteiger partial charge in [-0.25, -0.2) is 4.79 Å². The van der Waals surface area contributed by atoms with E-state index >= 15 is 0 Å². The maximum atomic E-state index is 12.8. The van der Waals surface area contributed by atoms with Crippen molar-refractivity contribution in [1.29, 1.82) is 0 Å². The minimum absolute atomic E-state index is 0.00756. The molecule has 7 heteroatoms. The molecule has 2 fully saturated rings. The molecule has 2 aromatic rings. The Bertz CT molecular complexity index is 861. The zero-order chi connectivity index (χ0) is 19.7. The number of nitrogens with one attached hydrogen (secondary N) is 1. The molecule has 0 radical (unpaired) electrons. The van der Waals surface area contributed by atoms with Crippen LogP contribution in [0.2, 0.25) is 0 Å². The number of piperazine rings is 1. The predicted molar refractivity (Wildman–Crippen MR) is 110 cm³/mol. The van der Waals surface area contributed by atoms with E-state index in [0.29, 0.717) is 13.1 Å². The highest BCUT2D eigenvalue weighted by molar-refractivity contribution is 5.94. The van der Waals surface area contributed by atoms with Gasteiger partial charge in [-0.1, -0.05) is 0 Å². The first kappa shape index (κ1) is 18.7. The van der Waals surface area contributed by atoms with Crippen LogP contribution in [0.15, 0.2) is 30.5 Å². The number of amides is 3. The molecule has 7 nitrogen and oxygen atoms in total. The molecule has 2 saturated heterocycles. The summed E-state index contributed by atoms with van der Waals surface area (Å²) in [6.07, 6.45) is 4.15. The molecule has 28 heavy (non-hydrogen) atoms. The third-order valence-corrected chi connectivity index (χ3v) is 5.57. The van der Waals surface area contributed by atoms with E-state index in [2.05, 4.69) is 26.8 Å². The monoisotopic (exact) mass is 383 g/mol. The first-order valence-electron chi connectivity index (χ1n) is 10.2. The smallest absolute Gasteiger partial charge is 0.317 e. The molecule has 2 aliphatic rings. The third kappa shape index (κ3) is 3.66. The lowest BCUT2D eigenvalue weighted by Gasteiger charge is -2.36. The van der Waals surface area contributed by atoms with E-state index in [4.69, 9.17) is 0 Å². The minimum atomic E-state index is 0.00756. The summed E-state index contributed by atoms with van der Waals surface area (Å²) in [5, 5.41) is 2.96. The van der Waals surface area contributed by atoms with Crippen LogP contribution in [0.1, 0.15) is 37.0 Å². The van der Waals surface area contributed by atoms with Crippen molar-refractivity contribution in [3.05, 3.63) is 36.0 Å². The summed E-state index contributed by atoms with van der Waals surface area (Å²) in [6.45, 7) is 8.61. The molecule has 0 atom stereocenters. The fourth-order valence-corrected chi connectivity index (χ4v) is 4.05. The fraction of sp³-hybridized carbons (Fsp3) is 0.524. The van der Waals surface area contributed by atoms with Crippen LogP contribution in [0.4, 0.5) is 10.6 Å². The number of hydrogen-bond acceptors (Lipinski definition) is 3. The molecule has 0 unspecified atom stereocenters. The Morgan fingerprint density at radius 3 is 2.25 bits per heavy atom. The first-order chi connectivity index (χ1) is 13.5. The summed E-state index contributed by atoms with van der Waals surface area (Å²) < 4.78 is 2.10. The van der Waals surface area contributed by atoms with Crippen molar-refractivity contribution in [2.45, 2.75) is 32.7 Å². The first-order valence-corrected chi connectivity index (χ1v) is 10.2. The van der Waals surface area contributed by atoms with Gasteiger partial charge in [0, 0.05) is 57.0 Å². The van der Waals surface area contributed by atoms with Gasteiger partial charge in [-0.2, -0.15) is 0 Å². The second-order valence-electron chi connectivity index (χ2n) is 7.98. The van der Waals surface area contributed by atoms with Gasteiger partial charge in [0.1, 0.15) is 5.82 Å². The van der Waals surface area contributed by atoms with E-state index in [0.717, 1.165) is 55.9 Å². The van der Waals surface area contributed by atoms with Gasteiger partial charge < -0.3 is 24.4 Å². The van der Waals surface area contributed by atoms with Gasteiger partial charge in [0.05, 0.1) is 5.56 Å². The number of hydrogen-bond donors (Lipinski definition) is 1. The maximum Gasteiger partial charge on any atom is 0.317 e. The molecule has 0 bridgehead atoms. The molecule has 2 aliphatic heterocycles. The summed E-state index contributed by atoms with van der Waals surface area (Å²) in [5.74, 6) is 1.20. The summed E-state index contributed by atoms with van der Waals surface area (Å²) in [5.41, 5.74) is 1.81. The number of fused-ring (bicyclic) bond motifs is 1.